The van der Waals surface area contributed by atoms with E-state index in [9.17, 15) is 4.79 Å². The number of hydrogen-bond acceptors (Lipinski definition) is 3. The Labute approximate surface area is 117 Å². The first-order chi connectivity index (χ1) is 8.73. The second-order valence-corrected chi connectivity index (χ2v) is 4.78. The molecular weight excluding hydrogens is 268 g/mol. The van der Waals surface area contributed by atoms with E-state index in [1.54, 1.807) is 24.3 Å². The van der Waals surface area contributed by atoms with Crippen molar-refractivity contribution in [1.82, 2.24) is 0 Å². The summed E-state index contributed by atoms with van der Waals surface area (Å²) in [5.41, 5.74) is 4.52. The summed E-state index contributed by atoms with van der Waals surface area (Å²) in [4.78, 5) is 20.5. The molecule has 0 bridgehead atoms. The molecule has 0 radical (unpaired) electrons. The molecule has 1 atom stereocenters. The number of benzene rings is 1. The highest BCUT2D eigenvalue weighted by Gasteiger charge is 2.20. The summed E-state index contributed by atoms with van der Waals surface area (Å²) >= 11 is 5.80. The third-order valence-electron chi connectivity index (χ3n) is 2.23. The van der Waals surface area contributed by atoms with Gasteiger partial charge in [-0.1, -0.05) is 31.5 Å². The van der Waals surface area contributed by atoms with Crippen LogP contribution < -0.4 is 16.2 Å². The van der Waals surface area contributed by atoms with Gasteiger partial charge in [0, 0.05) is 22.6 Å². The SMILES string of the molecule is CC(=O)[O-].CC(C)[C@H]([NH3+])C(=O)Nc1cccc(Cl)c1. The second-order valence-electron chi connectivity index (χ2n) is 4.34. The normalized spacial score (nSPS) is 11.3. The highest BCUT2D eigenvalue weighted by Crippen LogP contribution is 2.15. The second kappa shape index (κ2) is 8.50. The van der Waals surface area contributed by atoms with E-state index in [1.165, 1.54) is 0 Å². The highest BCUT2D eigenvalue weighted by atomic mass is 35.5. The number of quaternary nitrogens is 1. The Kier molecular flexibility index (Phi) is 7.79. The zero-order valence-corrected chi connectivity index (χ0v) is 12.0. The molecule has 4 N–H and O–H groups in total. The number of carbonyl (C=O) groups is 2. The van der Waals surface area contributed by atoms with Gasteiger partial charge in [-0.3, -0.25) is 4.79 Å². The number of anilines is 1. The molecule has 0 unspecified atom stereocenters. The molecule has 6 heteroatoms. The molecule has 0 heterocycles. The summed E-state index contributed by atoms with van der Waals surface area (Å²) in [5.74, 6) is -0.934. The molecule has 1 aromatic carbocycles. The van der Waals surface area contributed by atoms with Gasteiger partial charge in [-0.05, 0) is 25.1 Å². The Balaban J connectivity index is 0.000000711. The van der Waals surface area contributed by atoms with Gasteiger partial charge in [0.05, 0.1) is 0 Å². The van der Waals surface area contributed by atoms with Crippen LogP contribution in [0.4, 0.5) is 5.69 Å². The van der Waals surface area contributed by atoms with Gasteiger partial charge in [-0.2, -0.15) is 0 Å². The van der Waals surface area contributed by atoms with Crippen molar-refractivity contribution in [2.45, 2.75) is 26.8 Å². The lowest BCUT2D eigenvalue weighted by Crippen LogP contribution is -2.68. The minimum atomic E-state index is -1.08. The van der Waals surface area contributed by atoms with Crippen LogP contribution in [0.5, 0.6) is 0 Å². The maximum atomic E-state index is 11.6. The average molecular weight is 287 g/mol. The van der Waals surface area contributed by atoms with Crippen molar-refractivity contribution in [2.75, 3.05) is 5.32 Å². The molecule has 5 nitrogen and oxygen atoms in total. The molecule has 0 fully saturated rings. The summed E-state index contributed by atoms with van der Waals surface area (Å²) in [7, 11) is 0. The van der Waals surface area contributed by atoms with E-state index in [1.807, 2.05) is 13.8 Å². The first-order valence-corrected chi connectivity index (χ1v) is 6.19. The van der Waals surface area contributed by atoms with E-state index in [2.05, 4.69) is 11.1 Å². The number of nitrogens with one attached hydrogen (secondary N) is 1. The third-order valence-corrected chi connectivity index (χ3v) is 2.47. The summed E-state index contributed by atoms with van der Waals surface area (Å²) in [5, 5.41) is 12.3. The molecule has 1 aromatic rings. The summed E-state index contributed by atoms with van der Waals surface area (Å²) < 4.78 is 0. The number of hydrogen-bond donors (Lipinski definition) is 2. The van der Waals surface area contributed by atoms with Gasteiger partial charge in [0.1, 0.15) is 0 Å². The predicted octanol–water partition coefficient (Wildman–Crippen LogP) is 0.301. The van der Waals surface area contributed by atoms with E-state index in [4.69, 9.17) is 21.5 Å². The fourth-order valence-electron chi connectivity index (χ4n) is 1.10. The molecule has 1 amide bonds. The maximum Gasteiger partial charge on any atom is 0.282 e. The molecule has 0 aliphatic carbocycles. The molecule has 0 aliphatic rings. The summed E-state index contributed by atoms with van der Waals surface area (Å²) in [6.45, 7) is 4.91. The minimum Gasteiger partial charge on any atom is -0.550 e. The van der Waals surface area contributed by atoms with Gasteiger partial charge in [0.25, 0.3) is 5.91 Å². The number of carbonyl (C=O) groups excluding carboxylic acids is 2. The van der Waals surface area contributed by atoms with Crippen LogP contribution in [0.25, 0.3) is 0 Å². The first-order valence-electron chi connectivity index (χ1n) is 5.81. The van der Waals surface area contributed by atoms with Crippen molar-refractivity contribution in [3.05, 3.63) is 29.3 Å². The Bertz CT molecular complexity index is 432. The lowest BCUT2D eigenvalue weighted by atomic mass is 10.1. The third kappa shape index (κ3) is 8.18. The van der Waals surface area contributed by atoms with Gasteiger partial charge in [0.2, 0.25) is 0 Å². The Morgan fingerprint density at radius 2 is 1.89 bits per heavy atom. The van der Waals surface area contributed by atoms with Gasteiger partial charge in [-0.15, -0.1) is 0 Å². The van der Waals surface area contributed by atoms with Crippen LogP contribution in [0.15, 0.2) is 24.3 Å². The largest absolute Gasteiger partial charge is 0.550 e. The predicted molar refractivity (Wildman–Crippen MR) is 72.3 cm³/mol. The maximum absolute atomic E-state index is 11.6. The van der Waals surface area contributed by atoms with Crippen molar-refractivity contribution in [3.63, 3.8) is 0 Å². The highest BCUT2D eigenvalue weighted by molar-refractivity contribution is 6.30. The van der Waals surface area contributed by atoms with E-state index in [-0.39, 0.29) is 17.9 Å². The molecule has 0 saturated heterocycles. The number of carboxylic acids is 1. The monoisotopic (exact) mass is 286 g/mol. The quantitative estimate of drug-likeness (QED) is 0.836. The van der Waals surface area contributed by atoms with E-state index >= 15 is 0 Å². The first kappa shape index (κ1) is 17.4. The zero-order chi connectivity index (χ0) is 15.0. The van der Waals surface area contributed by atoms with Crippen LogP contribution in [-0.2, 0) is 9.59 Å². The number of amides is 1. The fourth-order valence-corrected chi connectivity index (χ4v) is 1.29. The molecule has 1 rings (SSSR count). The smallest absolute Gasteiger partial charge is 0.282 e. The molecule has 19 heavy (non-hydrogen) atoms. The van der Waals surface area contributed by atoms with Crippen molar-refractivity contribution in [3.8, 4) is 0 Å². The van der Waals surface area contributed by atoms with Crippen molar-refractivity contribution < 1.29 is 20.4 Å². The number of halogens is 1. The lowest BCUT2D eigenvalue weighted by Gasteiger charge is -2.12. The molecule has 0 spiro atoms. The van der Waals surface area contributed by atoms with Gasteiger partial charge in [0.15, 0.2) is 6.04 Å². The number of rotatable bonds is 3. The standard InChI is InChI=1S/C11H15ClN2O.C2H4O2/c1-7(2)10(13)11(15)14-9-5-3-4-8(12)6-9;1-2(3)4/h3-7,10H,13H2,1-2H3,(H,14,15);1H3,(H,3,4)/t10-;/m0./s1. The topological polar surface area (TPSA) is 96.9 Å². The molecule has 106 valence electrons. The van der Waals surface area contributed by atoms with Crippen molar-refractivity contribution in [1.29, 1.82) is 0 Å². The molecule has 0 aromatic heterocycles. The Hall–Kier alpha value is -1.59. The fraction of sp³-hybridized carbons (Fsp3) is 0.385. The van der Waals surface area contributed by atoms with Crippen LogP contribution in [0.1, 0.15) is 20.8 Å². The van der Waals surface area contributed by atoms with Gasteiger partial charge < -0.3 is 21.0 Å². The minimum absolute atomic E-state index is 0.0766. The Morgan fingerprint density at radius 1 is 1.37 bits per heavy atom. The molecule has 0 saturated carbocycles. The van der Waals surface area contributed by atoms with Crippen LogP contribution >= 0.6 is 11.6 Å². The van der Waals surface area contributed by atoms with Crippen LogP contribution in [0.2, 0.25) is 5.02 Å². The Morgan fingerprint density at radius 3 is 2.32 bits per heavy atom. The van der Waals surface area contributed by atoms with Crippen LogP contribution in [-0.4, -0.2) is 17.9 Å². The molecular formula is C13H19ClN2O3. The van der Waals surface area contributed by atoms with Crippen LogP contribution in [0, 0.1) is 5.92 Å². The average Bonchev–Trinajstić information content (AvgIpc) is 2.27. The number of carboxylic acid groups (broad SMARTS) is 1. The summed E-state index contributed by atoms with van der Waals surface area (Å²) in [6, 6.07) is 6.83. The molecule has 0 aliphatic heterocycles. The number of aliphatic carboxylic acids is 1. The van der Waals surface area contributed by atoms with Gasteiger partial charge >= 0.3 is 0 Å². The van der Waals surface area contributed by atoms with E-state index < -0.39 is 5.97 Å². The summed E-state index contributed by atoms with van der Waals surface area (Å²) in [6.07, 6.45) is 0. The van der Waals surface area contributed by atoms with E-state index in [0.29, 0.717) is 10.7 Å². The van der Waals surface area contributed by atoms with Gasteiger partial charge in [-0.25, -0.2) is 0 Å². The van der Waals surface area contributed by atoms with Crippen molar-refractivity contribution in [2.24, 2.45) is 5.92 Å². The van der Waals surface area contributed by atoms with E-state index in [0.717, 1.165) is 6.92 Å². The van der Waals surface area contributed by atoms with Crippen molar-refractivity contribution >= 4 is 29.2 Å². The zero-order valence-electron chi connectivity index (χ0n) is 11.3. The lowest BCUT2D eigenvalue weighted by molar-refractivity contribution is -0.412. The van der Waals surface area contributed by atoms with Crippen LogP contribution in [0.3, 0.4) is 0 Å².